The van der Waals surface area contributed by atoms with Crippen LogP contribution in [0.2, 0.25) is 10.0 Å². The molecule has 26 heavy (non-hydrogen) atoms. The van der Waals surface area contributed by atoms with E-state index in [1.807, 2.05) is 0 Å². The van der Waals surface area contributed by atoms with Crippen LogP contribution in [0.15, 0.2) is 18.2 Å². The molecule has 1 fully saturated rings. The van der Waals surface area contributed by atoms with Crippen molar-refractivity contribution in [1.82, 2.24) is 10.2 Å². The first-order chi connectivity index (χ1) is 12.0. The van der Waals surface area contributed by atoms with Crippen LogP contribution in [-0.2, 0) is 19.1 Å². The molecular formula is C16H17Cl2N3O5. The van der Waals surface area contributed by atoms with E-state index in [2.05, 4.69) is 10.6 Å². The summed E-state index contributed by atoms with van der Waals surface area (Å²) >= 11 is 11.7. The van der Waals surface area contributed by atoms with Crippen molar-refractivity contribution in [2.45, 2.75) is 32.4 Å². The number of hydrogen-bond donors (Lipinski definition) is 2. The van der Waals surface area contributed by atoms with E-state index in [-0.39, 0.29) is 0 Å². The minimum absolute atomic E-state index is 0.332. The van der Waals surface area contributed by atoms with Crippen molar-refractivity contribution in [2.75, 3.05) is 11.9 Å². The van der Waals surface area contributed by atoms with Gasteiger partial charge in [0, 0.05) is 15.7 Å². The van der Waals surface area contributed by atoms with Crippen LogP contribution in [0.5, 0.6) is 0 Å². The molecule has 0 aliphatic carbocycles. The lowest BCUT2D eigenvalue weighted by Crippen LogP contribution is -2.42. The number of benzene rings is 1. The van der Waals surface area contributed by atoms with E-state index in [0.717, 1.165) is 4.90 Å². The molecule has 2 N–H and O–H groups in total. The van der Waals surface area contributed by atoms with Gasteiger partial charge in [-0.2, -0.15) is 0 Å². The first-order valence-corrected chi connectivity index (χ1v) is 8.36. The fraction of sp³-hybridized carbons (Fsp3) is 0.375. The summed E-state index contributed by atoms with van der Waals surface area (Å²) in [5.41, 5.74) is -0.752. The average Bonchev–Trinajstić information content (AvgIpc) is 2.68. The summed E-state index contributed by atoms with van der Waals surface area (Å²) in [5.74, 6) is -2.06. The van der Waals surface area contributed by atoms with Gasteiger partial charge in [0.1, 0.15) is 12.1 Å². The Labute approximate surface area is 159 Å². The van der Waals surface area contributed by atoms with Crippen LogP contribution in [0.3, 0.4) is 0 Å². The van der Waals surface area contributed by atoms with Crippen molar-refractivity contribution in [1.29, 1.82) is 0 Å². The van der Waals surface area contributed by atoms with Gasteiger partial charge >= 0.3 is 12.0 Å². The van der Waals surface area contributed by atoms with Crippen LogP contribution in [0.25, 0.3) is 0 Å². The fourth-order valence-electron chi connectivity index (χ4n) is 2.25. The maximum absolute atomic E-state index is 12.1. The zero-order valence-corrected chi connectivity index (χ0v) is 15.8. The van der Waals surface area contributed by atoms with Crippen molar-refractivity contribution < 1.29 is 23.9 Å². The van der Waals surface area contributed by atoms with E-state index >= 15 is 0 Å². The summed E-state index contributed by atoms with van der Waals surface area (Å²) in [6, 6.07) is 3.77. The molecule has 0 aromatic heterocycles. The number of carbonyl (C=O) groups excluding carboxylic acids is 4. The smallest absolute Gasteiger partial charge is 0.327 e. The second-order valence-electron chi connectivity index (χ2n) is 6.23. The highest BCUT2D eigenvalue weighted by Crippen LogP contribution is 2.22. The van der Waals surface area contributed by atoms with Crippen LogP contribution in [0.1, 0.15) is 20.8 Å². The van der Waals surface area contributed by atoms with Gasteiger partial charge in [-0.15, -0.1) is 0 Å². The third-order valence-corrected chi connectivity index (χ3v) is 3.98. The Hall–Kier alpha value is -2.32. The first-order valence-electron chi connectivity index (χ1n) is 7.60. The van der Waals surface area contributed by atoms with Crippen LogP contribution < -0.4 is 10.6 Å². The largest absolute Gasteiger partial charge is 0.451 e. The molecule has 0 saturated carbocycles. The Morgan fingerprint density at radius 3 is 2.31 bits per heavy atom. The molecule has 4 amide bonds. The highest BCUT2D eigenvalue weighted by molar-refractivity contribution is 6.35. The summed E-state index contributed by atoms with van der Waals surface area (Å²) in [4.78, 5) is 48.6. The molecule has 1 aliphatic heterocycles. The summed E-state index contributed by atoms with van der Waals surface area (Å²) < 4.78 is 4.98. The molecule has 0 bridgehead atoms. The standard InChI is InChI=1S/C16H17Cl2N3O5/c1-8(13(23)19-11-5-9(17)4-10(18)6-11)26-12(22)7-21-14(24)16(2,3)20-15(21)25/h4-6,8H,7H2,1-3H3,(H,19,23)(H,20,25)/t8-/m1/s1. The number of carbonyl (C=O) groups is 4. The van der Waals surface area contributed by atoms with Crippen LogP contribution >= 0.6 is 23.2 Å². The molecule has 0 radical (unpaired) electrons. The Bertz CT molecular complexity index is 761. The first kappa shape index (κ1) is 20.0. The Balaban J connectivity index is 1.93. The van der Waals surface area contributed by atoms with Crippen molar-refractivity contribution in [3.63, 3.8) is 0 Å². The van der Waals surface area contributed by atoms with Gasteiger partial charge in [0.25, 0.3) is 11.8 Å². The molecule has 0 unspecified atom stereocenters. The molecule has 1 heterocycles. The Kier molecular flexibility index (Phi) is 5.77. The molecule has 8 nitrogen and oxygen atoms in total. The normalized spacial score (nSPS) is 16.9. The van der Waals surface area contributed by atoms with Crippen molar-refractivity contribution in [3.8, 4) is 0 Å². The highest BCUT2D eigenvalue weighted by atomic mass is 35.5. The zero-order valence-electron chi connectivity index (χ0n) is 14.3. The Morgan fingerprint density at radius 2 is 1.81 bits per heavy atom. The molecule has 1 aromatic rings. The number of hydrogen-bond acceptors (Lipinski definition) is 5. The van der Waals surface area contributed by atoms with Gasteiger partial charge in [0.15, 0.2) is 6.10 Å². The molecule has 10 heteroatoms. The summed E-state index contributed by atoms with van der Waals surface area (Å²) in [6.45, 7) is 3.80. The van der Waals surface area contributed by atoms with Crippen LogP contribution in [-0.4, -0.2) is 46.9 Å². The molecule has 1 aromatic carbocycles. The predicted molar refractivity (Wildman–Crippen MR) is 95.0 cm³/mol. The van der Waals surface area contributed by atoms with Crippen molar-refractivity contribution in [2.24, 2.45) is 0 Å². The lowest BCUT2D eigenvalue weighted by atomic mass is 10.1. The van der Waals surface area contributed by atoms with Crippen molar-refractivity contribution >= 4 is 52.7 Å². The topological polar surface area (TPSA) is 105 Å². The number of nitrogens with zero attached hydrogens (tertiary/aromatic N) is 1. The van der Waals surface area contributed by atoms with E-state index in [1.54, 1.807) is 0 Å². The maximum atomic E-state index is 12.1. The van der Waals surface area contributed by atoms with E-state index in [4.69, 9.17) is 27.9 Å². The third-order valence-electron chi connectivity index (χ3n) is 3.54. The van der Waals surface area contributed by atoms with E-state index in [1.165, 1.54) is 39.0 Å². The number of ether oxygens (including phenoxy) is 1. The number of urea groups is 1. The molecule has 2 rings (SSSR count). The number of anilines is 1. The second-order valence-corrected chi connectivity index (χ2v) is 7.10. The summed E-state index contributed by atoms with van der Waals surface area (Å²) in [5, 5.41) is 5.62. The quantitative estimate of drug-likeness (QED) is 0.581. The highest BCUT2D eigenvalue weighted by Gasteiger charge is 2.45. The number of nitrogens with one attached hydrogen (secondary N) is 2. The molecule has 1 aliphatic rings. The van der Waals surface area contributed by atoms with Gasteiger partial charge < -0.3 is 15.4 Å². The number of rotatable bonds is 5. The van der Waals surface area contributed by atoms with Gasteiger partial charge in [-0.25, -0.2) is 4.79 Å². The average molecular weight is 402 g/mol. The van der Waals surface area contributed by atoms with Gasteiger partial charge in [0.2, 0.25) is 0 Å². The summed E-state index contributed by atoms with van der Waals surface area (Å²) in [6.07, 6.45) is -1.16. The van der Waals surface area contributed by atoms with Gasteiger partial charge in [-0.3, -0.25) is 19.3 Å². The number of halogens is 2. The molecule has 1 saturated heterocycles. The van der Waals surface area contributed by atoms with Crippen molar-refractivity contribution in [3.05, 3.63) is 28.2 Å². The minimum atomic E-state index is -1.16. The molecular weight excluding hydrogens is 385 g/mol. The predicted octanol–water partition coefficient (Wildman–Crippen LogP) is 2.19. The monoisotopic (exact) mass is 401 g/mol. The lowest BCUT2D eigenvalue weighted by molar-refractivity contribution is -0.155. The number of esters is 1. The van der Waals surface area contributed by atoms with E-state index in [9.17, 15) is 19.2 Å². The van der Waals surface area contributed by atoms with Crippen LogP contribution in [0.4, 0.5) is 10.5 Å². The van der Waals surface area contributed by atoms with Gasteiger partial charge in [-0.05, 0) is 39.0 Å². The van der Waals surface area contributed by atoms with Gasteiger partial charge in [0.05, 0.1) is 0 Å². The van der Waals surface area contributed by atoms with Crippen LogP contribution in [0, 0.1) is 0 Å². The van der Waals surface area contributed by atoms with E-state index < -0.39 is 42.0 Å². The number of amides is 4. The lowest BCUT2D eigenvalue weighted by Gasteiger charge is -2.17. The zero-order chi connectivity index (χ0) is 19.6. The van der Waals surface area contributed by atoms with E-state index in [0.29, 0.717) is 15.7 Å². The summed E-state index contributed by atoms with van der Waals surface area (Å²) in [7, 11) is 0. The minimum Gasteiger partial charge on any atom is -0.451 e. The fourth-order valence-corrected chi connectivity index (χ4v) is 2.77. The molecule has 140 valence electrons. The maximum Gasteiger partial charge on any atom is 0.327 e. The number of imide groups is 1. The molecule has 0 spiro atoms. The SMILES string of the molecule is C[C@@H](OC(=O)CN1C(=O)NC(C)(C)C1=O)C(=O)Nc1cc(Cl)cc(Cl)c1. The van der Waals surface area contributed by atoms with Gasteiger partial charge in [-0.1, -0.05) is 23.2 Å². The second kappa shape index (κ2) is 7.51. The Morgan fingerprint density at radius 1 is 1.23 bits per heavy atom. The molecule has 1 atom stereocenters. The third kappa shape index (κ3) is 4.64.